The third kappa shape index (κ3) is 5.58. The zero-order valence-corrected chi connectivity index (χ0v) is 18.0. The molecule has 0 aromatic heterocycles. The average molecular weight is 415 g/mol. The van der Waals surface area contributed by atoms with Crippen molar-refractivity contribution >= 4 is 16.0 Å². The van der Waals surface area contributed by atoms with Gasteiger partial charge in [-0.3, -0.25) is 4.99 Å². The van der Waals surface area contributed by atoms with Crippen molar-refractivity contribution in [2.45, 2.75) is 24.3 Å². The average Bonchev–Trinajstić information content (AvgIpc) is 2.76. The van der Waals surface area contributed by atoms with E-state index in [4.69, 9.17) is 0 Å². The molecular formula is C22H30N4O2S. The Balaban J connectivity index is 1.49. The van der Waals surface area contributed by atoms with Crippen molar-refractivity contribution in [1.29, 1.82) is 0 Å². The Labute approximate surface area is 174 Å². The van der Waals surface area contributed by atoms with E-state index < -0.39 is 10.0 Å². The first-order valence-corrected chi connectivity index (χ1v) is 11.5. The summed E-state index contributed by atoms with van der Waals surface area (Å²) in [5.41, 5.74) is 1.23. The van der Waals surface area contributed by atoms with Gasteiger partial charge in [-0.1, -0.05) is 48.5 Å². The van der Waals surface area contributed by atoms with Crippen LogP contribution < -0.4 is 5.32 Å². The molecule has 3 rings (SSSR count). The van der Waals surface area contributed by atoms with Crippen molar-refractivity contribution in [2.24, 2.45) is 10.9 Å². The predicted octanol–water partition coefficient (Wildman–Crippen LogP) is 2.79. The second-order valence-electron chi connectivity index (χ2n) is 7.43. The fraction of sp³-hybridized carbons (Fsp3) is 0.409. The Morgan fingerprint density at radius 3 is 2.24 bits per heavy atom. The first kappa shape index (κ1) is 21.3. The van der Waals surface area contributed by atoms with Gasteiger partial charge in [0, 0.05) is 40.3 Å². The summed E-state index contributed by atoms with van der Waals surface area (Å²) in [4.78, 5) is 6.86. The van der Waals surface area contributed by atoms with Crippen LogP contribution in [0.3, 0.4) is 0 Å². The topological polar surface area (TPSA) is 65.0 Å². The van der Waals surface area contributed by atoms with Crippen molar-refractivity contribution in [3.8, 4) is 0 Å². The molecule has 1 saturated heterocycles. The van der Waals surface area contributed by atoms with Gasteiger partial charge in [0.2, 0.25) is 10.0 Å². The lowest BCUT2D eigenvalue weighted by molar-refractivity contribution is 0.272. The van der Waals surface area contributed by atoms with Gasteiger partial charge in [0.15, 0.2) is 5.96 Å². The number of guanidine groups is 1. The summed E-state index contributed by atoms with van der Waals surface area (Å²) < 4.78 is 27.1. The van der Waals surface area contributed by atoms with Crippen molar-refractivity contribution in [1.82, 2.24) is 14.5 Å². The van der Waals surface area contributed by atoms with Crippen LogP contribution in [0.5, 0.6) is 0 Å². The maximum atomic E-state index is 12.8. The number of rotatable bonds is 6. The Kier molecular flexibility index (Phi) is 7.28. The zero-order chi connectivity index (χ0) is 20.7. The highest BCUT2D eigenvalue weighted by molar-refractivity contribution is 7.89. The third-order valence-electron chi connectivity index (χ3n) is 5.34. The van der Waals surface area contributed by atoms with Crippen LogP contribution in [0, 0.1) is 5.92 Å². The molecule has 1 aliphatic rings. The monoisotopic (exact) mass is 414 g/mol. The molecule has 0 atom stereocenters. The molecule has 0 saturated carbocycles. The van der Waals surface area contributed by atoms with Crippen LogP contribution in [0.1, 0.15) is 18.4 Å². The highest BCUT2D eigenvalue weighted by atomic mass is 32.2. The molecule has 7 heteroatoms. The summed E-state index contributed by atoms with van der Waals surface area (Å²) in [7, 11) is 0.427. The number of aliphatic imine (C=N–C) groups is 1. The van der Waals surface area contributed by atoms with E-state index in [2.05, 4.69) is 27.3 Å². The predicted molar refractivity (Wildman–Crippen MR) is 117 cm³/mol. The van der Waals surface area contributed by atoms with E-state index in [1.807, 2.05) is 31.3 Å². The minimum absolute atomic E-state index is 0.375. The summed E-state index contributed by atoms with van der Waals surface area (Å²) in [5, 5.41) is 3.45. The molecular weight excluding hydrogens is 384 g/mol. The van der Waals surface area contributed by atoms with Crippen LogP contribution in [-0.4, -0.2) is 57.3 Å². The Morgan fingerprint density at radius 2 is 1.66 bits per heavy atom. The molecule has 0 spiro atoms. The maximum absolute atomic E-state index is 12.8. The highest BCUT2D eigenvalue weighted by Crippen LogP contribution is 2.23. The Hall–Kier alpha value is -2.38. The van der Waals surface area contributed by atoms with Crippen LogP contribution in [-0.2, 0) is 16.6 Å². The first-order chi connectivity index (χ1) is 14.0. The number of piperidine rings is 1. The normalized spacial score (nSPS) is 16.6. The number of nitrogens with one attached hydrogen (secondary N) is 1. The zero-order valence-electron chi connectivity index (χ0n) is 17.2. The molecule has 29 heavy (non-hydrogen) atoms. The van der Waals surface area contributed by atoms with Crippen LogP contribution in [0.15, 0.2) is 70.6 Å². The van der Waals surface area contributed by atoms with Gasteiger partial charge >= 0.3 is 0 Å². The van der Waals surface area contributed by atoms with Crippen molar-refractivity contribution in [2.75, 3.05) is 33.7 Å². The van der Waals surface area contributed by atoms with Crippen LogP contribution in [0.25, 0.3) is 0 Å². The third-order valence-corrected chi connectivity index (χ3v) is 7.25. The van der Waals surface area contributed by atoms with E-state index in [1.165, 1.54) is 5.56 Å². The van der Waals surface area contributed by atoms with Crippen molar-refractivity contribution in [3.05, 3.63) is 66.2 Å². The molecule has 0 aliphatic carbocycles. The molecule has 2 aromatic carbocycles. The lowest BCUT2D eigenvalue weighted by Gasteiger charge is -2.32. The van der Waals surface area contributed by atoms with Gasteiger partial charge in [-0.2, -0.15) is 4.31 Å². The van der Waals surface area contributed by atoms with Crippen LogP contribution >= 0.6 is 0 Å². The van der Waals surface area contributed by atoms with Gasteiger partial charge < -0.3 is 10.2 Å². The van der Waals surface area contributed by atoms with Crippen LogP contribution in [0.4, 0.5) is 0 Å². The van der Waals surface area contributed by atoms with Gasteiger partial charge in [-0.05, 0) is 36.5 Å². The molecule has 0 unspecified atom stereocenters. The van der Waals surface area contributed by atoms with E-state index in [0.29, 0.717) is 23.9 Å². The molecule has 1 heterocycles. The number of nitrogens with zero attached hydrogens (tertiary/aromatic N) is 3. The Morgan fingerprint density at radius 1 is 1.07 bits per heavy atom. The van der Waals surface area contributed by atoms with E-state index >= 15 is 0 Å². The van der Waals surface area contributed by atoms with E-state index in [1.54, 1.807) is 35.6 Å². The smallest absolute Gasteiger partial charge is 0.243 e. The highest BCUT2D eigenvalue weighted by Gasteiger charge is 2.29. The molecule has 0 bridgehead atoms. The van der Waals surface area contributed by atoms with E-state index in [9.17, 15) is 8.42 Å². The lowest BCUT2D eigenvalue weighted by atomic mass is 9.98. The minimum Gasteiger partial charge on any atom is -0.356 e. The largest absolute Gasteiger partial charge is 0.356 e. The summed E-state index contributed by atoms with van der Waals surface area (Å²) in [5.74, 6) is 1.28. The summed E-state index contributed by atoms with van der Waals surface area (Å²) >= 11 is 0. The first-order valence-electron chi connectivity index (χ1n) is 10.0. The molecule has 1 N–H and O–H groups in total. The van der Waals surface area contributed by atoms with Gasteiger partial charge in [0.25, 0.3) is 0 Å². The number of sulfonamides is 1. The molecule has 0 amide bonds. The lowest BCUT2D eigenvalue weighted by Crippen LogP contribution is -2.44. The van der Waals surface area contributed by atoms with Gasteiger partial charge in [-0.15, -0.1) is 0 Å². The number of benzene rings is 2. The molecule has 1 fully saturated rings. The summed E-state index contributed by atoms with van der Waals surface area (Å²) in [6.45, 7) is 2.70. The van der Waals surface area contributed by atoms with Gasteiger partial charge in [0.1, 0.15) is 0 Å². The van der Waals surface area contributed by atoms with Gasteiger partial charge in [0.05, 0.1) is 4.90 Å². The summed E-state index contributed by atoms with van der Waals surface area (Å²) in [6, 6.07) is 19.0. The molecule has 156 valence electrons. The second kappa shape index (κ2) is 9.89. The molecule has 0 radical (unpaired) electrons. The maximum Gasteiger partial charge on any atom is 0.243 e. The van der Waals surface area contributed by atoms with Crippen molar-refractivity contribution in [3.63, 3.8) is 0 Å². The van der Waals surface area contributed by atoms with Crippen molar-refractivity contribution < 1.29 is 8.42 Å². The Bertz CT molecular complexity index is 893. The minimum atomic E-state index is -3.39. The van der Waals surface area contributed by atoms with Crippen LogP contribution in [0.2, 0.25) is 0 Å². The van der Waals surface area contributed by atoms with E-state index in [-0.39, 0.29) is 0 Å². The standard InChI is InChI=1S/C22H30N4O2S/c1-23-22(25(2)18-20-9-5-3-6-10-20)24-17-19-13-15-26(16-14-19)29(27,28)21-11-7-4-8-12-21/h3-12,19H,13-18H2,1-2H3,(H,23,24). The molecule has 1 aliphatic heterocycles. The summed E-state index contributed by atoms with van der Waals surface area (Å²) in [6.07, 6.45) is 1.69. The van der Waals surface area contributed by atoms with E-state index in [0.717, 1.165) is 31.9 Å². The molecule has 6 nitrogen and oxygen atoms in total. The quantitative estimate of drug-likeness (QED) is 0.583. The fourth-order valence-electron chi connectivity index (χ4n) is 3.65. The number of hydrogen-bond acceptors (Lipinski definition) is 3. The fourth-order valence-corrected chi connectivity index (χ4v) is 5.14. The second-order valence-corrected chi connectivity index (χ2v) is 9.37. The number of hydrogen-bond donors (Lipinski definition) is 1. The SMILES string of the molecule is CN=C(NCC1CCN(S(=O)(=O)c2ccccc2)CC1)N(C)Cc1ccccc1. The molecule has 2 aromatic rings. The van der Waals surface area contributed by atoms with Gasteiger partial charge in [-0.25, -0.2) is 8.42 Å².